The quantitative estimate of drug-likeness (QED) is 0.513. The second kappa shape index (κ2) is 11.9. The molecule has 1 aromatic rings. The summed E-state index contributed by atoms with van der Waals surface area (Å²) in [6, 6.07) is 4.55. The summed E-state index contributed by atoms with van der Waals surface area (Å²) >= 11 is 0. The van der Waals surface area contributed by atoms with Crippen LogP contribution in [0.3, 0.4) is 0 Å². The van der Waals surface area contributed by atoms with Crippen LogP contribution in [0.5, 0.6) is 0 Å². The topological polar surface area (TPSA) is 61.8 Å². The third-order valence-corrected chi connectivity index (χ3v) is 5.44. The van der Waals surface area contributed by atoms with Gasteiger partial charge in [0.05, 0.1) is 25.5 Å². The number of aryl methyl sites for hydroxylation is 1. The second-order valence-electron chi connectivity index (χ2n) is 7.14. The van der Waals surface area contributed by atoms with Crippen LogP contribution in [0.4, 0.5) is 0 Å². The van der Waals surface area contributed by atoms with Crippen LogP contribution in [-0.4, -0.2) is 61.3 Å². The van der Waals surface area contributed by atoms with E-state index in [1.807, 2.05) is 12.3 Å². The molecule has 152 valence electrons. The highest BCUT2D eigenvalue weighted by molar-refractivity contribution is 5.79. The number of nitrogens with one attached hydrogen (secondary N) is 2. The van der Waals surface area contributed by atoms with Gasteiger partial charge in [0.25, 0.3) is 0 Å². The third-order valence-electron chi connectivity index (χ3n) is 5.44. The molecule has 1 aliphatic heterocycles. The predicted octanol–water partition coefficient (Wildman–Crippen LogP) is 2.58. The number of ether oxygens (including phenoxy) is 1. The number of aromatic nitrogens is 1. The Bertz CT molecular complexity index is 567. The second-order valence-corrected chi connectivity index (χ2v) is 7.14. The molecule has 1 atom stereocenters. The summed E-state index contributed by atoms with van der Waals surface area (Å²) in [5.74, 6) is 1.54. The van der Waals surface area contributed by atoms with E-state index in [1.165, 1.54) is 18.4 Å². The Morgan fingerprint density at radius 2 is 1.96 bits per heavy atom. The minimum absolute atomic E-state index is 0.504. The molecule has 1 aliphatic rings. The average molecular weight is 376 g/mol. The molecule has 0 spiro atoms. The minimum Gasteiger partial charge on any atom is -0.379 e. The predicted molar refractivity (Wildman–Crippen MR) is 112 cm³/mol. The largest absolute Gasteiger partial charge is 0.379 e. The van der Waals surface area contributed by atoms with Crippen molar-refractivity contribution in [3.63, 3.8) is 0 Å². The Balaban J connectivity index is 2.03. The lowest BCUT2D eigenvalue weighted by atomic mass is 9.92. The number of rotatable bonds is 9. The molecule has 0 aliphatic carbocycles. The van der Waals surface area contributed by atoms with Gasteiger partial charge in [-0.15, -0.1) is 0 Å². The summed E-state index contributed by atoms with van der Waals surface area (Å²) in [7, 11) is 0. The maximum Gasteiger partial charge on any atom is 0.191 e. The van der Waals surface area contributed by atoms with Gasteiger partial charge in [0.2, 0.25) is 0 Å². The summed E-state index contributed by atoms with van der Waals surface area (Å²) in [5, 5.41) is 6.96. The van der Waals surface area contributed by atoms with Crippen LogP contribution in [0.2, 0.25) is 0 Å². The molecule has 1 aromatic heterocycles. The molecule has 0 aromatic carbocycles. The Morgan fingerprint density at radius 3 is 2.59 bits per heavy atom. The molecule has 2 N–H and O–H groups in total. The number of hydrogen-bond acceptors (Lipinski definition) is 4. The van der Waals surface area contributed by atoms with E-state index >= 15 is 0 Å². The van der Waals surface area contributed by atoms with Crippen molar-refractivity contribution in [1.29, 1.82) is 0 Å². The Hall–Kier alpha value is -1.66. The van der Waals surface area contributed by atoms with E-state index < -0.39 is 0 Å². The maximum absolute atomic E-state index is 5.55. The summed E-state index contributed by atoms with van der Waals surface area (Å²) in [5.41, 5.74) is 2.21. The zero-order valence-corrected chi connectivity index (χ0v) is 17.5. The number of hydrogen-bond donors (Lipinski definition) is 2. The van der Waals surface area contributed by atoms with E-state index in [1.54, 1.807) is 0 Å². The Labute approximate surface area is 164 Å². The van der Waals surface area contributed by atoms with Gasteiger partial charge in [0.15, 0.2) is 5.96 Å². The molecular weight excluding hydrogens is 338 g/mol. The maximum atomic E-state index is 5.55. The smallest absolute Gasteiger partial charge is 0.191 e. The number of nitrogens with zero attached hydrogens (tertiary/aromatic N) is 3. The summed E-state index contributed by atoms with van der Waals surface area (Å²) in [4.78, 5) is 11.8. The van der Waals surface area contributed by atoms with Gasteiger partial charge in [-0.1, -0.05) is 32.8 Å². The van der Waals surface area contributed by atoms with Gasteiger partial charge < -0.3 is 15.4 Å². The summed E-state index contributed by atoms with van der Waals surface area (Å²) in [6.07, 6.45) is 4.22. The SMILES string of the molecule is CCNC(=NCc1ncccc1C)NCC(C(CC)CC)N1CCOCC1. The molecule has 6 heteroatoms. The van der Waals surface area contributed by atoms with Gasteiger partial charge in [-0.05, 0) is 31.4 Å². The molecular formula is C21H37N5O. The molecule has 1 unspecified atom stereocenters. The van der Waals surface area contributed by atoms with Crippen molar-refractivity contribution < 1.29 is 4.74 Å². The lowest BCUT2D eigenvalue weighted by Crippen LogP contribution is -2.53. The molecule has 1 fully saturated rings. The Kier molecular flexibility index (Phi) is 9.56. The van der Waals surface area contributed by atoms with Crippen LogP contribution < -0.4 is 10.6 Å². The number of guanidine groups is 1. The molecule has 2 heterocycles. The number of morpholine rings is 1. The minimum atomic E-state index is 0.504. The highest BCUT2D eigenvalue weighted by atomic mass is 16.5. The van der Waals surface area contributed by atoms with Gasteiger partial charge in [0.1, 0.15) is 0 Å². The van der Waals surface area contributed by atoms with Crippen LogP contribution in [0.25, 0.3) is 0 Å². The van der Waals surface area contributed by atoms with Crippen LogP contribution in [0, 0.1) is 12.8 Å². The molecule has 0 saturated carbocycles. The normalized spacial score (nSPS) is 17.1. The van der Waals surface area contributed by atoms with Crippen molar-refractivity contribution in [3.8, 4) is 0 Å². The van der Waals surface area contributed by atoms with E-state index in [0.29, 0.717) is 18.5 Å². The lowest BCUT2D eigenvalue weighted by Gasteiger charge is -2.39. The molecule has 0 radical (unpaired) electrons. The molecule has 6 nitrogen and oxygen atoms in total. The van der Waals surface area contributed by atoms with E-state index in [2.05, 4.69) is 54.3 Å². The Morgan fingerprint density at radius 1 is 1.22 bits per heavy atom. The standard InChI is InChI=1S/C21H37N5O/c1-5-18(6-2)20(26-11-13-27-14-12-26)16-25-21(22-7-3)24-15-19-17(4)9-8-10-23-19/h8-10,18,20H,5-7,11-16H2,1-4H3,(H2,22,24,25). The van der Waals surface area contributed by atoms with Crippen LogP contribution in [-0.2, 0) is 11.3 Å². The van der Waals surface area contributed by atoms with Crippen LogP contribution in [0.15, 0.2) is 23.3 Å². The highest BCUT2D eigenvalue weighted by Gasteiger charge is 2.27. The van der Waals surface area contributed by atoms with Gasteiger partial charge in [-0.2, -0.15) is 0 Å². The zero-order valence-electron chi connectivity index (χ0n) is 17.5. The monoisotopic (exact) mass is 375 g/mol. The fraction of sp³-hybridized carbons (Fsp3) is 0.714. The number of pyridine rings is 1. The van der Waals surface area contributed by atoms with Gasteiger partial charge in [0, 0.05) is 38.4 Å². The van der Waals surface area contributed by atoms with Crippen LogP contribution >= 0.6 is 0 Å². The van der Waals surface area contributed by atoms with Crippen molar-refractivity contribution in [2.75, 3.05) is 39.4 Å². The van der Waals surface area contributed by atoms with Crippen molar-refractivity contribution >= 4 is 5.96 Å². The van der Waals surface area contributed by atoms with E-state index in [-0.39, 0.29) is 0 Å². The van der Waals surface area contributed by atoms with E-state index in [4.69, 9.17) is 9.73 Å². The third kappa shape index (κ3) is 6.78. The first-order valence-corrected chi connectivity index (χ1v) is 10.4. The summed E-state index contributed by atoms with van der Waals surface area (Å²) in [6.45, 7) is 14.8. The van der Waals surface area contributed by atoms with Gasteiger partial charge >= 0.3 is 0 Å². The fourth-order valence-corrected chi connectivity index (χ4v) is 3.72. The van der Waals surface area contributed by atoms with Crippen LogP contribution in [0.1, 0.15) is 44.9 Å². The first-order chi connectivity index (χ1) is 13.2. The van der Waals surface area contributed by atoms with E-state index in [9.17, 15) is 0 Å². The molecule has 27 heavy (non-hydrogen) atoms. The first kappa shape index (κ1) is 21.6. The molecule has 0 bridgehead atoms. The highest BCUT2D eigenvalue weighted by Crippen LogP contribution is 2.19. The van der Waals surface area contributed by atoms with E-state index in [0.717, 1.165) is 51.0 Å². The first-order valence-electron chi connectivity index (χ1n) is 10.4. The lowest BCUT2D eigenvalue weighted by molar-refractivity contribution is 0.00272. The number of aliphatic imine (C=N–C) groups is 1. The van der Waals surface area contributed by atoms with Crippen molar-refractivity contribution in [2.24, 2.45) is 10.9 Å². The molecule has 1 saturated heterocycles. The average Bonchev–Trinajstić information content (AvgIpc) is 2.70. The fourth-order valence-electron chi connectivity index (χ4n) is 3.72. The summed E-state index contributed by atoms with van der Waals surface area (Å²) < 4.78 is 5.55. The van der Waals surface area contributed by atoms with Crippen molar-refractivity contribution in [2.45, 2.75) is 53.1 Å². The zero-order chi connectivity index (χ0) is 19.5. The van der Waals surface area contributed by atoms with Crippen molar-refractivity contribution in [3.05, 3.63) is 29.6 Å². The molecule has 2 rings (SSSR count). The van der Waals surface area contributed by atoms with Gasteiger partial charge in [-0.3, -0.25) is 9.88 Å². The van der Waals surface area contributed by atoms with Gasteiger partial charge in [-0.25, -0.2) is 4.99 Å². The van der Waals surface area contributed by atoms with Crippen molar-refractivity contribution in [1.82, 2.24) is 20.5 Å². The molecule has 0 amide bonds.